The highest BCUT2D eigenvalue weighted by Crippen LogP contribution is 2.33. The Balaban J connectivity index is 2.48. The molecule has 0 unspecified atom stereocenters. The predicted molar refractivity (Wildman–Crippen MR) is 76.4 cm³/mol. The Bertz CT molecular complexity index is 715. The normalized spacial score (nSPS) is 10.5. The molecular formula is C13H6BrF4NOS. The van der Waals surface area contributed by atoms with E-state index in [1.54, 1.807) is 0 Å². The summed E-state index contributed by atoms with van der Waals surface area (Å²) < 4.78 is 59.2. The summed E-state index contributed by atoms with van der Waals surface area (Å²) in [5.74, 6) is -6.42. The molecule has 2 aromatic rings. The van der Waals surface area contributed by atoms with E-state index in [0.29, 0.717) is 0 Å². The Morgan fingerprint density at radius 1 is 1.00 bits per heavy atom. The second-order valence-electron chi connectivity index (χ2n) is 3.94. The Labute approximate surface area is 130 Å². The molecule has 110 valence electrons. The number of ether oxygens (including phenoxy) is 1. The summed E-state index contributed by atoms with van der Waals surface area (Å²) in [5, 5.41) is 0. The fourth-order valence-corrected chi connectivity index (χ4v) is 2.04. The molecule has 0 bridgehead atoms. The van der Waals surface area contributed by atoms with Crippen molar-refractivity contribution in [2.45, 2.75) is 0 Å². The highest BCUT2D eigenvalue weighted by Gasteiger charge is 2.18. The zero-order valence-electron chi connectivity index (χ0n) is 10.1. The summed E-state index contributed by atoms with van der Waals surface area (Å²) in [5.41, 5.74) is 5.21. The van der Waals surface area contributed by atoms with Crippen LogP contribution in [0.1, 0.15) is 5.56 Å². The number of benzene rings is 2. The topological polar surface area (TPSA) is 35.2 Å². The molecule has 0 atom stereocenters. The van der Waals surface area contributed by atoms with E-state index in [-0.39, 0.29) is 15.0 Å². The van der Waals surface area contributed by atoms with Crippen molar-refractivity contribution < 1.29 is 22.3 Å². The molecule has 0 saturated carbocycles. The van der Waals surface area contributed by atoms with Gasteiger partial charge in [0.05, 0.1) is 0 Å². The summed E-state index contributed by atoms with van der Waals surface area (Å²) in [7, 11) is 0. The molecule has 2 N–H and O–H groups in total. The van der Waals surface area contributed by atoms with Gasteiger partial charge in [0.25, 0.3) is 0 Å². The van der Waals surface area contributed by atoms with Gasteiger partial charge in [-0.15, -0.1) is 0 Å². The molecular weight excluding hydrogens is 374 g/mol. The molecule has 0 aliphatic rings. The number of thiocarbonyl (C=S) groups is 1. The van der Waals surface area contributed by atoms with Gasteiger partial charge in [0, 0.05) is 10.0 Å². The molecule has 0 aromatic heterocycles. The van der Waals surface area contributed by atoms with Gasteiger partial charge in [-0.05, 0) is 24.3 Å². The van der Waals surface area contributed by atoms with Crippen molar-refractivity contribution in [1.82, 2.24) is 0 Å². The minimum absolute atomic E-state index is 0.0479. The number of hydrogen-bond acceptors (Lipinski definition) is 2. The van der Waals surface area contributed by atoms with Crippen molar-refractivity contribution in [3.63, 3.8) is 0 Å². The monoisotopic (exact) mass is 379 g/mol. The molecule has 2 nitrogen and oxygen atoms in total. The number of rotatable bonds is 3. The Hall–Kier alpha value is -1.67. The summed E-state index contributed by atoms with van der Waals surface area (Å²) in [4.78, 5) is -0.209. The van der Waals surface area contributed by atoms with Gasteiger partial charge in [0.2, 0.25) is 5.82 Å². The van der Waals surface area contributed by atoms with Gasteiger partial charge >= 0.3 is 0 Å². The van der Waals surface area contributed by atoms with Crippen LogP contribution >= 0.6 is 28.1 Å². The molecule has 0 spiro atoms. The van der Waals surface area contributed by atoms with E-state index in [2.05, 4.69) is 28.1 Å². The molecule has 21 heavy (non-hydrogen) atoms. The molecule has 0 fully saturated rings. The van der Waals surface area contributed by atoms with Gasteiger partial charge < -0.3 is 10.5 Å². The molecule has 2 rings (SSSR count). The lowest BCUT2D eigenvalue weighted by atomic mass is 10.2. The van der Waals surface area contributed by atoms with Gasteiger partial charge in [-0.25, -0.2) is 13.2 Å². The maximum Gasteiger partial charge on any atom is 0.201 e. The van der Waals surface area contributed by atoms with Gasteiger partial charge in [0.1, 0.15) is 4.99 Å². The van der Waals surface area contributed by atoms with Crippen LogP contribution in [0.3, 0.4) is 0 Å². The zero-order chi connectivity index (χ0) is 15.7. The summed E-state index contributed by atoms with van der Waals surface area (Å²) >= 11 is 7.52. The lowest BCUT2D eigenvalue weighted by Crippen LogP contribution is -2.10. The maximum atomic E-state index is 13.8. The lowest BCUT2D eigenvalue weighted by molar-refractivity contribution is 0.375. The molecule has 0 aliphatic carbocycles. The first-order valence-electron chi connectivity index (χ1n) is 5.41. The first-order valence-corrected chi connectivity index (χ1v) is 6.61. The lowest BCUT2D eigenvalue weighted by Gasteiger charge is -2.11. The highest BCUT2D eigenvalue weighted by atomic mass is 79.9. The zero-order valence-corrected chi connectivity index (χ0v) is 12.5. The van der Waals surface area contributed by atoms with Crippen LogP contribution in [0.25, 0.3) is 0 Å². The molecule has 0 saturated heterocycles. The van der Waals surface area contributed by atoms with Crippen LogP contribution in [0.2, 0.25) is 0 Å². The van der Waals surface area contributed by atoms with E-state index in [1.807, 2.05) is 0 Å². The van der Waals surface area contributed by atoms with Crippen molar-refractivity contribution in [2.24, 2.45) is 5.73 Å². The Morgan fingerprint density at radius 3 is 2.10 bits per heavy atom. The van der Waals surface area contributed by atoms with Crippen LogP contribution in [0.5, 0.6) is 11.5 Å². The van der Waals surface area contributed by atoms with Crippen LogP contribution in [0.15, 0.2) is 28.7 Å². The average Bonchev–Trinajstić information content (AvgIpc) is 2.38. The maximum absolute atomic E-state index is 13.8. The largest absolute Gasteiger partial charge is 0.448 e. The van der Waals surface area contributed by atoms with Crippen molar-refractivity contribution in [3.8, 4) is 11.5 Å². The van der Waals surface area contributed by atoms with E-state index in [9.17, 15) is 17.6 Å². The van der Waals surface area contributed by atoms with Crippen LogP contribution < -0.4 is 10.5 Å². The SMILES string of the molecule is NC(=S)c1cc(F)c(Oc2cc(Br)cc(F)c2F)c(F)c1. The smallest absolute Gasteiger partial charge is 0.201 e. The third-order valence-corrected chi connectivity index (χ3v) is 3.15. The number of halogens is 5. The van der Waals surface area contributed by atoms with Crippen molar-refractivity contribution in [1.29, 1.82) is 0 Å². The second-order valence-corrected chi connectivity index (χ2v) is 5.29. The van der Waals surface area contributed by atoms with Crippen LogP contribution in [-0.4, -0.2) is 4.99 Å². The van der Waals surface area contributed by atoms with E-state index in [0.717, 1.165) is 24.3 Å². The Kier molecular flexibility index (Phi) is 4.48. The molecule has 8 heteroatoms. The second kappa shape index (κ2) is 5.98. The van der Waals surface area contributed by atoms with Gasteiger partial charge in [0.15, 0.2) is 29.0 Å². The fraction of sp³-hybridized carbons (Fsp3) is 0. The Morgan fingerprint density at radius 2 is 1.57 bits per heavy atom. The van der Waals surface area contributed by atoms with Crippen LogP contribution in [0, 0.1) is 23.3 Å². The van der Waals surface area contributed by atoms with Gasteiger partial charge in [-0.2, -0.15) is 4.39 Å². The molecule has 0 radical (unpaired) electrons. The quantitative estimate of drug-likeness (QED) is 0.486. The van der Waals surface area contributed by atoms with Gasteiger partial charge in [-0.1, -0.05) is 28.1 Å². The summed E-state index contributed by atoms with van der Waals surface area (Å²) in [6.45, 7) is 0. The van der Waals surface area contributed by atoms with Crippen molar-refractivity contribution >= 4 is 33.1 Å². The van der Waals surface area contributed by atoms with E-state index >= 15 is 0 Å². The fourth-order valence-electron chi connectivity index (χ4n) is 1.52. The molecule has 0 heterocycles. The van der Waals surface area contributed by atoms with Crippen LogP contribution in [0.4, 0.5) is 17.6 Å². The molecule has 2 aromatic carbocycles. The third-order valence-electron chi connectivity index (χ3n) is 2.45. The molecule has 0 aliphatic heterocycles. The first kappa shape index (κ1) is 15.7. The van der Waals surface area contributed by atoms with E-state index in [1.165, 1.54) is 0 Å². The molecule has 0 amide bonds. The standard InChI is InChI=1S/C13H6BrF4NOS/c14-6-3-7(15)11(18)10(4-6)20-12-8(16)1-5(13(19)21)2-9(12)17/h1-4H,(H2,19,21). The average molecular weight is 380 g/mol. The minimum Gasteiger partial charge on any atom is -0.448 e. The first-order chi connectivity index (χ1) is 9.79. The summed E-state index contributed by atoms with van der Waals surface area (Å²) in [6, 6.07) is 3.57. The number of nitrogens with two attached hydrogens (primary N) is 1. The third kappa shape index (κ3) is 3.33. The highest BCUT2D eigenvalue weighted by molar-refractivity contribution is 9.10. The number of hydrogen-bond donors (Lipinski definition) is 1. The van der Waals surface area contributed by atoms with E-state index in [4.69, 9.17) is 10.5 Å². The van der Waals surface area contributed by atoms with Crippen molar-refractivity contribution in [2.75, 3.05) is 0 Å². The van der Waals surface area contributed by atoms with Gasteiger partial charge in [-0.3, -0.25) is 0 Å². The minimum atomic E-state index is -1.37. The van der Waals surface area contributed by atoms with Crippen molar-refractivity contribution in [3.05, 3.63) is 57.6 Å². The summed E-state index contributed by atoms with van der Waals surface area (Å²) in [6.07, 6.45) is 0. The van der Waals surface area contributed by atoms with E-state index < -0.39 is 34.8 Å². The predicted octanol–water partition coefficient (Wildman–Crippen LogP) is 4.43. The van der Waals surface area contributed by atoms with Crippen LogP contribution in [-0.2, 0) is 0 Å².